The highest BCUT2D eigenvalue weighted by atomic mass is 16.5. The minimum atomic E-state index is -0.780. The highest BCUT2D eigenvalue weighted by molar-refractivity contribution is 5.79. The van der Waals surface area contributed by atoms with Gasteiger partial charge in [0, 0.05) is 42.9 Å². The van der Waals surface area contributed by atoms with Crippen molar-refractivity contribution < 1.29 is 19.7 Å². The molecule has 7 heteroatoms. The van der Waals surface area contributed by atoms with Crippen LogP contribution in [0.3, 0.4) is 0 Å². The van der Waals surface area contributed by atoms with Crippen LogP contribution in [0.25, 0.3) is 22.3 Å². The van der Waals surface area contributed by atoms with Gasteiger partial charge in [0.15, 0.2) is 0 Å². The van der Waals surface area contributed by atoms with Gasteiger partial charge in [0.05, 0.1) is 29.0 Å². The molecular weight excluding hydrogens is 466 g/mol. The van der Waals surface area contributed by atoms with E-state index in [1.807, 2.05) is 48.5 Å². The number of nitrogens with zero attached hydrogens (tertiary/aromatic N) is 2. The summed E-state index contributed by atoms with van der Waals surface area (Å²) in [5.41, 5.74) is 6.41. The molecule has 2 aromatic carbocycles. The Morgan fingerprint density at radius 1 is 1.11 bits per heavy atom. The number of benzene rings is 2. The molecule has 0 fully saturated rings. The topological polar surface area (TPSA) is 105 Å². The van der Waals surface area contributed by atoms with Crippen molar-refractivity contribution in [3.63, 3.8) is 0 Å². The molecule has 0 bridgehead atoms. The Bertz CT molecular complexity index is 1320. The van der Waals surface area contributed by atoms with Crippen LogP contribution < -0.4 is 5.32 Å². The number of hydrogen-bond donors (Lipinski definition) is 3. The summed E-state index contributed by atoms with van der Waals surface area (Å²) in [4.78, 5) is 20.8. The minimum Gasteiger partial charge on any atom is -0.498 e. The molecule has 0 amide bonds. The van der Waals surface area contributed by atoms with E-state index in [9.17, 15) is 9.90 Å². The third kappa shape index (κ3) is 6.24. The second kappa shape index (κ2) is 11.7. The van der Waals surface area contributed by atoms with Gasteiger partial charge >= 0.3 is 5.97 Å². The smallest absolute Gasteiger partial charge is 0.303 e. The van der Waals surface area contributed by atoms with Crippen LogP contribution in [0.2, 0.25) is 0 Å². The Balaban J connectivity index is 1.34. The van der Waals surface area contributed by atoms with Crippen LogP contribution in [0.4, 0.5) is 0 Å². The number of fused-ring (bicyclic) bond motifs is 1. The average Bonchev–Trinajstić information content (AvgIpc) is 2.91. The summed E-state index contributed by atoms with van der Waals surface area (Å²) in [5.74, 6) is 0.266. The lowest BCUT2D eigenvalue weighted by atomic mass is 9.94. The van der Waals surface area contributed by atoms with E-state index in [1.165, 1.54) is 0 Å². The molecule has 192 valence electrons. The molecule has 0 saturated carbocycles. The Labute approximate surface area is 216 Å². The predicted octanol–water partition coefficient (Wildman–Crippen LogP) is 4.94. The van der Waals surface area contributed by atoms with Crippen LogP contribution in [0.5, 0.6) is 0 Å². The van der Waals surface area contributed by atoms with Crippen molar-refractivity contribution in [3.05, 3.63) is 83.3 Å². The van der Waals surface area contributed by atoms with Crippen LogP contribution >= 0.6 is 0 Å². The summed E-state index contributed by atoms with van der Waals surface area (Å²) in [6.07, 6.45) is 8.93. The highest BCUT2D eigenvalue weighted by Gasteiger charge is 2.25. The fraction of sp³-hybridized carbons (Fsp3) is 0.367. The van der Waals surface area contributed by atoms with E-state index in [4.69, 9.17) is 19.8 Å². The first-order valence-corrected chi connectivity index (χ1v) is 13.1. The number of carboxylic acid groups (broad SMARTS) is 1. The molecule has 7 nitrogen and oxygen atoms in total. The van der Waals surface area contributed by atoms with E-state index in [0.717, 1.165) is 70.6 Å². The molecule has 2 aliphatic rings. The molecule has 0 radical (unpaired) electrons. The van der Waals surface area contributed by atoms with E-state index in [-0.39, 0.29) is 12.5 Å². The van der Waals surface area contributed by atoms with Gasteiger partial charge in [-0.3, -0.25) is 10.1 Å². The predicted molar refractivity (Wildman–Crippen MR) is 143 cm³/mol. The summed E-state index contributed by atoms with van der Waals surface area (Å²) in [6.45, 7) is 0.668. The van der Waals surface area contributed by atoms with Crippen LogP contribution in [0.15, 0.2) is 72.0 Å². The van der Waals surface area contributed by atoms with Crippen LogP contribution in [-0.4, -0.2) is 45.0 Å². The summed E-state index contributed by atoms with van der Waals surface area (Å²) in [5, 5.41) is 23.2. The van der Waals surface area contributed by atoms with Crippen LogP contribution in [0.1, 0.15) is 49.8 Å². The van der Waals surface area contributed by atoms with E-state index in [1.54, 1.807) is 0 Å². The zero-order valence-electron chi connectivity index (χ0n) is 20.9. The molecule has 1 unspecified atom stereocenters. The van der Waals surface area contributed by atoms with Crippen molar-refractivity contribution in [2.75, 3.05) is 6.61 Å². The zero-order chi connectivity index (χ0) is 25.6. The summed E-state index contributed by atoms with van der Waals surface area (Å²) in [6, 6.07) is 16.0. The average molecular weight is 500 g/mol. The lowest BCUT2D eigenvalue weighted by molar-refractivity contribution is -0.137. The summed E-state index contributed by atoms with van der Waals surface area (Å²) in [7, 11) is 0. The van der Waals surface area contributed by atoms with Crippen molar-refractivity contribution in [2.24, 2.45) is 0 Å². The molecule has 37 heavy (non-hydrogen) atoms. The number of aliphatic carboxylic acids is 1. The lowest BCUT2D eigenvalue weighted by Crippen LogP contribution is -2.43. The van der Waals surface area contributed by atoms with Crippen molar-refractivity contribution in [2.45, 2.75) is 63.6 Å². The summed E-state index contributed by atoms with van der Waals surface area (Å²) < 4.78 is 5.82. The molecule has 2 heterocycles. The van der Waals surface area contributed by atoms with Gasteiger partial charge in [-0.15, -0.1) is 0 Å². The first-order valence-electron chi connectivity index (χ1n) is 13.1. The van der Waals surface area contributed by atoms with Gasteiger partial charge in [-0.1, -0.05) is 48.6 Å². The number of hydrogen-bond acceptors (Lipinski definition) is 6. The molecule has 2 atom stereocenters. The van der Waals surface area contributed by atoms with Gasteiger partial charge in [-0.05, 0) is 43.4 Å². The van der Waals surface area contributed by atoms with Gasteiger partial charge < -0.3 is 14.9 Å². The molecular formula is C30H33N3O4. The number of aliphatic hydroxyl groups is 1. The van der Waals surface area contributed by atoms with Gasteiger partial charge in [0.1, 0.15) is 12.0 Å². The number of aliphatic hydroxyl groups excluding tert-OH is 1. The standard InChI is InChI=1S/C30H33N3O4/c34-28(32-23-16-17-37-27-12-6-4-10-22(23)27)19-20-14-15-24-26(18-20)31-25(11-5-7-13-29(35)36)30(33-24)21-8-2-1-3-9-21/h1-4,8-10,14-15,18,23,28,32,34H,5-7,11-13,16-17,19H2,(H,35,36)/t23-,28?/m0/s1. The quantitative estimate of drug-likeness (QED) is 0.268. The molecule has 5 rings (SSSR count). The number of nitrogens with one attached hydrogen (secondary N) is 1. The second-order valence-corrected chi connectivity index (χ2v) is 9.70. The number of aryl methyl sites for hydroxylation is 1. The van der Waals surface area contributed by atoms with E-state index in [0.29, 0.717) is 25.9 Å². The maximum absolute atomic E-state index is 10.9. The Morgan fingerprint density at radius 2 is 1.97 bits per heavy atom. The molecule has 3 N–H and O–H groups in total. The van der Waals surface area contributed by atoms with Gasteiger partial charge in [0.25, 0.3) is 0 Å². The number of unbranched alkanes of at least 4 members (excludes halogenated alkanes) is 1. The van der Waals surface area contributed by atoms with Crippen molar-refractivity contribution in [3.8, 4) is 11.3 Å². The lowest BCUT2D eigenvalue weighted by Gasteiger charge is -2.31. The monoisotopic (exact) mass is 499 g/mol. The summed E-state index contributed by atoms with van der Waals surface area (Å²) >= 11 is 0. The largest absolute Gasteiger partial charge is 0.498 e. The van der Waals surface area contributed by atoms with E-state index < -0.39 is 12.2 Å². The molecule has 1 aliphatic carbocycles. The third-order valence-electron chi connectivity index (χ3n) is 6.94. The van der Waals surface area contributed by atoms with E-state index in [2.05, 4.69) is 17.5 Å². The first kappa shape index (κ1) is 25.1. The second-order valence-electron chi connectivity index (χ2n) is 9.70. The Morgan fingerprint density at radius 3 is 2.81 bits per heavy atom. The minimum absolute atomic E-state index is 0.0846. The molecule has 0 spiro atoms. The highest BCUT2D eigenvalue weighted by Crippen LogP contribution is 2.29. The van der Waals surface area contributed by atoms with Gasteiger partial charge in [-0.2, -0.15) is 0 Å². The van der Waals surface area contributed by atoms with Gasteiger partial charge in [-0.25, -0.2) is 9.97 Å². The zero-order valence-corrected chi connectivity index (χ0v) is 20.9. The van der Waals surface area contributed by atoms with Crippen LogP contribution in [0, 0.1) is 0 Å². The van der Waals surface area contributed by atoms with Crippen LogP contribution in [-0.2, 0) is 22.4 Å². The Kier molecular flexibility index (Phi) is 7.92. The molecule has 1 aliphatic heterocycles. The maximum atomic E-state index is 10.9. The number of rotatable bonds is 10. The van der Waals surface area contributed by atoms with Crippen molar-refractivity contribution in [1.82, 2.24) is 15.3 Å². The van der Waals surface area contributed by atoms with Crippen molar-refractivity contribution in [1.29, 1.82) is 0 Å². The van der Waals surface area contributed by atoms with Gasteiger partial charge in [0.2, 0.25) is 0 Å². The fourth-order valence-electron chi connectivity index (χ4n) is 5.10. The Hall–Kier alpha value is -3.55. The SMILES string of the molecule is O=C(O)CCCCc1nc2cc(CC(O)N[C@H]3CCOC4=C3C=CCC4)ccc2nc1-c1ccccc1. The third-order valence-corrected chi connectivity index (χ3v) is 6.94. The molecule has 1 aromatic heterocycles. The molecule has 3 aromatic rings. The number of carboxylic acids is 1. The van der Waals surface area contributed by atoms with Crippen molar-refractivity contribution >= 4 is 17.0 Å². The number of ether oxygens (including phenoxy) is 1. The number of aromatic nitrogens is 2. The molecule has 0 saturated heterocycles. The maximum Gasteiger partial charge on any atom is 0.303 e. The fourth-order valence-corrected chi connectivity index (χ4v) is 5.10. The number of allylic oxidation sites excluding steroid dienone is 2. The number of carbonyl (C=O) groups is 1. The first-order chi connectivity index (χ1) is 18.1. The normalized spacial score (nSPS) is 17.9. The van der Waals surface area contributed by atoms with E-state index >= 15 is 0 Å².